The zero-order valence-corrected chi connectivity index (χ0v) is 10.5. The van der Waals surface area contributed by atoms with Crippen molar-refractivity contribution in [3.05, 3.63) is 70.3 Å². The molecule has 0 heterocycles. The number of aryl methyl sites for hydroxylation is 2. The quantitative estimate of drug-likeness (QED) is 0.647. The zero-order valence-electron chi connectivity index (χ0n) is 10.5. The minimum absolute atomic E-state index is 0.719. The van der Waals surface area contributed by atoms with Crippen molar-refractivity contribution in [1.29, 1.82) is 0 Å². The lowest BCUT2D eigenvalue weighted by molar-refractivity contribution is 0.989. The molecular formula is C17H18. The van der Waals surface area contributed by atoms with Crippen molar-refractivity contribution in [3.8, 4) is 0 Å². The van der Waals surface area contributed by atoms with Crippen LogP contribution in [-0.2, 0) is 6.42 Å². The van der Waals surface area contributed by atoms with Crippen LogP contribution < -0.4 is 0 Å². The molecule has 3 rings (SSSR count). The molecule has 0 N–H and O–H groups in total. The molecule has 17 heavy (non-hydrogen) atoms. The first-order valence-corrected chi connectivity index (χ1v) is 6.46. The standard InChI is InChI=1S/C17H18/c1-3-13-8-6-4-5-7-9-14(10-12(13)2)17-15-11-16(15)17/h4-10,17H,3,11H2,1-2H3. The van der Waals surface area contributed by atoms with E-state index in [1.165, 1.54) is 23.1 Å². The smallest absolute Gasteiger partial charge is 0.0270 e. The maximum absolute atomic E-state index is 2.37. The van der Waals surface area contributed by atoms with Gasteiger partial charge in [0.1, 0.15) is 0 Å². The van der Waals surface area contributed by atoms with Gasteiger partial charge >= 0.3 is 0 Å². The van der Waals surface area contributed by atoms with Crippen LogP contribution in [0.15, 0.2) is 53.6 Å². The zero-order chi connectivity index (χ0) is 11.8. The second kappa shape index (κ2) is 4.03. The van der Waals surface area contributed by atoms with Crippen LogP contribution in [0.1, 0.15) is 36.0 Å². The minimum Gasteiger partial charge on any atom is -0.0623 e. The van der Waals surface area contributed by atoms with E-state index in [1.807, 2.05) is 0 Å². The first-order valence-electron chi connectivity index (χ1n) is 6.46. The Morgan fingerprint density at radius 2 is 1.76 bits per heavy atom. The minimum atomic E-state index is 0.719. The Labute approximate surface area is 103 Å². The predicted molar refractivity (Wildman–Crippen MR) is 72.6 cm³/mol. The lowest BCUT2D eigenvalue weighted by atomic mass is 9.97. The largest absolute Gasteiger partial charge is 0.0623 e. The van der Waals surface area contributed by atoms with Gasteiger partial charge in [0.15, 0.2) is 0 Å². The van der Waals surface area contributed by atoms with Gasteiger partial charge in [-0.2, -0.15) is 0 Å². The van der Waals surface area contributed by atoms with E-state index in [1.54, 1.807) is 11.1 Å². The third-order valence-electron chi connectivity index (χ3n) is 3.81. The molecule has 2 aliphatic rings. The van der Waals surface area contributed by atoms with Gasteiger partial charge in [-0.1, -0.05) is 60.5 Å². The third kappa shape index (κ3) is 2.00. The summed E-state index contributed by atoms with van der Waals surface area (Å²) in [6.45, 7) is 4.45. The van der Waals surface area contributed by atoms with E-state index in [0.29, 0.717) is 0 Å². The molecule has 1 aromatic carbocycles. The molecule has 0 atom stereocenters. The van der Waals surface area contributed by atoms with Gasteiger partial charge in [0.2, 0.25) is 0 Å². The van der Waals surface area contributed by atoms with Crippen LogP contribution in [-0.4, -0.2) is 0 Å². The Balaban J connectivity index is 2.06. The van der Waals surface area contributed by atoms with Gasteiger partial charge in [-0.3, -0.25) is 0 Å². The van der Waals surface area contributed by atoms with Crippen LogP contribution in [0.25, 0.3) is 0 Å². The van der Waals surface area contributed by atoms with E-state index in [-0.39, 0.29) is 0 Å². The fraction of sp³-hybridized carbons (Fsp3) is 0.294. The molecule has 0 radical (unpaired) electrons. The van der Waals surface area contributed by atoms with Gasteiger partial charge < -0.3 is 0 Å². The van der Waals surface area contributed by atoms with Crippen molar-refractivity contribution in [1.82, 2.24) is 0 Å². The average molecular weight is 222 g/mol. The summed E-state index contributed by atoms with van der Waals surface area (Å²) < 4.78 is 0. The van der Waals surface area contributed by atoms with E-state index in [2.05, 4.69) is 56.3 Å². The summed E-state index contributed by atoms with van der Waals surface area (Å²) in [5, 5.41) is 0. The molecule has 0 saturated heterocycles. The van der Waals surface area contributed by atoms with E-state index in [4.69, 9.17) is 0 Å². The average Bonchev–Trinajstić information content (AvgIpc) is 3.17. The second-order valence-corrected chi connectivity index (χ2v) is 4.97. The molecule has 0 nitrogen and oxygen atoms in total. The fourth-order valence-corrected chi connectivity index (χ4v) is 2.52. The predicted octanol–water partition coefficient (Wildman–Crippen LogP) is 4.48. The molecule has 86 valence electrons. The molecular weight excluding hydrogens is 204 g/mol. The maximum atomic E-state index is 2.37. The van der Waals surface area contributed by atoms with Crippen molar-refractivity contribution in [2.75, 3.05) is 0 Å². The first kappa shape index (κ1) is 10.6. The van der Waals surface area contributed by atoms with Crippen LogP contribution in [0.2, 0.25) is 0 Å². The molecule has 1 aromatic rings. The van der Waals surface area contributed by atoms with Gasteiger partial charge in [0.05, 0.1) is 0 Å². The summed E-state index contributed by atoms with van der Waals surface area (Å²) in [6, 6.07) is 15.4. The van der Waals surface area contributed by atoms with Gasteiger partial charge in [-0.15, -0.1) is 0 Å². The van der Waals surface area contributed by atoms with Gasteiger partial charge in [-0.05, 0) is 36.5 Å². The molecule has 0 heteroatoms. The lowest BCUT2D eigenvalue weighted by Crippen LogP contribution is -1.91. The van der Waals surface area contributed by atoms with Crippen LogP contribution in [0.4, 0.5) is 0 Å². The Bertz CT molecular complexity index is 536. The van der Waals surface area contributed by atoms with Crippen LogP contribution in [0.3, 0.4) is 0 Å². The SMILES string of the molecule is CCc1ccccccc(C2C3=C2C3)cc1C. The van der Waals surface area contributed by atoms with E-state index in [0.717, 1.165) is 12.3 Å². The van der Waals surface area contributed by atoms with Crippen molar-refractivity contribution in [2.45, 2.75) is 32.6 Å². The van der Waals surface area contributed by atoms with Crippen LogP contribution in [0, 0.1) is 6.92 Å². The first-order chi connectivity index (χ1) is 8.31. The molecule has 0 aliphatic heterocycles. The van der Waals surface area contributed by atoms with E-state index < -0.39 is 0 Å². The molecule has 0 bridgehead atoms. The molecule has 0 saturated carbocycles. The Hall–Kier alpha value is -1.56. The van der Waals surface area contributed by atoms with Crippen molar-refractivity contribution in [2.24, 2.45) is 0 Å². The summed E-state index contributed by atoms with van der Waals surface area (Å²) in [4.78, 5) is 0. The molecule has 0 aromatic heterocycles. The normalized spacial score (nSPS) is 16.4. The second-order valence-electron chi connectivity index (χ2n) is 4.97. The number of hydrogen-bond donors (Lipinski definition) is 0. The van der Waals surface area contributed by atoms with Crippen molar-refractivity contribution >= 4 is 0 Å². The van der Waals surface area contributed by atoms with E-state index in [9.17, 15) is 0 Å². The number of hydrogen-bond acceptors (Lipinski definition) is 0. The lowest BCUT2D eigenvalue weighted by Gasteiger charge is -2.07. The molecule has 0 unspecified atom stereocenters. The Morgan fingerprint density at radius 1 is 1.06 bits per heavy atom. The number of rotatable bonds is 2. The Morgan fingerprint density at radius 3 is 2.35 bits per heavy atom. The van der Waals surface area contributed by atoms with Crippen LogP contribution >= 0.6 is 0 Å². The highest BCUT2D eigenvalue weighted by molar-refractivity contribution is 5.68. The summed E-state index contributed by atoms with van der Waals surface area (Å²) in [7, 11) is 0. The topological polar surface area (TPSA) is 0 Å². The highest BCUT2D eigenvalue weighted by Crippen LogP contribution is 2.66. The molecule has 0 fully saturated rings. The third-order valence-corrected chi connectivity index (χ3v) is 3.81. The molecule has 0 amide bonds. The van der Waals surface area contributed by atoms with Gasteiger partial charge in [-0.25, -0.2) is 0 Å². The maximum Gasteiger partial charge on any atom is 0.0270 e. The number of allylic oxidation sites excluding steroid dienone is 2. The summed E-state index contributed by atoms with van der Waals surface area (Å²) in [5.41, 5.74) is 7.72. The van der Waals surface area contributed by atoms with Crippen LogP contribution in [0.5, 0.6) is 0 Å². The van der Waals surface area contributed by atoms with Crippen molar-refractivity contribution < 1.29 is 0 Å². The van der Waals surface area contributed by atoms with E-state index >= 15 is 0 Å². The summed E-state index contributed by atoms with van der Waals surface area (Å²) in [5.74, 6) is 0.719. The van der Waals surface area contributed by atoms with Crippen molar-refractivity contribution in [3.63, 3.8) is 0 Å². The monoisotopic (exact) mass is 222 g/mol. The van der Waals surface area contributed by atoms with Gasteiger partial charge in [0, 0.05) is 5.92 Å². The summed E-state index contributed by atoms with van der Waals surface area (Å²) in [6.07, 6.45) is 2.41. The Kier molecular flexibility index (Phi) is 2.51. The molecule has 0 spiro atoms. The van der Waals surface area contributed by atoms with Gasteiger partial charge in [0.25, 0.3) is 0 Å². The fourth-order valence-electron chi connectivity index (χ4n) is 2.52. The highest BCUT2D eigenvalue weighted by atomic mass is 14.5. The highest BCUT2D eigenvalue weighted by Gasteiger charge is 2.49. The summed E-state index contributed by atoms with van der Waals surface area (Å²) >= 11 is 0. The molecule has 2 aliphatic carbocycles.